The lowest BCUT2D eigenvalue weighted by Gasteiger charge is -2.43. The van der Waals surface area contributed by atoms with E-state index < -0.39 is 0 Å². The molecule has 1 aliphatic carbocycles. The fraction of sp³-hybridized carbons (Fsp3) is 0.812. The monoisotopic (exact) mass is 278 g/mol. The Morgan fingerprint density at radius 3 is 2.85 bits per heavy atom. The first-order chi connectivity index (χ1) is 9.64. The Morgan fingerprint density at radius 2 is 2.15 bits per heavy atom. The van der Waals surface area contributed by atoms with Gasteiger partial charge in [-0.3, -0.25) is 4.90 Å². The lowest BCUT2D eigenvalue weighted by atomic mass is 9.76. The van der Waals surface area contributed by atoms with E-state index in [1.54, 1.807) is 0 Å². The number of methoxy groups -OCH3 is 1. The lowest BCUT2D eigenvalue weighted by Crippen LogP contribution is -2.47. The summed E-state index contributed by atoms with van der Waals surface area (Å²) in [7, 11) is 1.88. The standard InChI is InChI=1S/C16H26N2O2/c1-12-14(13(2)20-17-12)10-18-9-5-8-16(11-18)7-4-6-15(16)19-3/h15H,4-11H2,1-3H3/t15-,16+/m1/s1. The van der Waals surface area contributed by atoms with Crippen molar-refractivity contribution in [2.24, 2.45) is 5.41 Å². The maximum Gasteiger partial charge on any atom is 0.138 e. The highest BCUT2D eigenvalue weighted by Crippen LogP contribution is 2.46. The fourth-order valence-electron chi connectivity index (χ4n) is 4.29. The Kier molecular flexibility index (Phi) is 3.87. The van der Waals surface area contributed by atoms with Gasteiger partial charge < -0.3 is 9.26 Å². The van der Waals surface area contributed by atoms with Crippen LogP contribution in [-0.2, 0) is 11.3 Å². The summed E-state index contributed by atoms with van der Waals surface area (Å²) in [6.07, 6.45) is 6.93. The van der Waals surface area contributed by atoms with E-state index >= 15 is 0 Å². The SMILES string of the molecule is CO[C@@H]1CCC[C@@]12CCCN(Cc1c(C)noc1C)C2. The molecule has 1 aliphatic heterocycles. The maximum absolute atomic E-state index is 5.78. The molecule has 1 saturated heterocycles. The van der Waals surface area contributed by atoms with E-state index in [4.69, 9.17) is 9.26 Å². The van der Waals surface area contributed by atoms with E-state index in [2.05, 4.69) is 10.1 Å². The Hall–Kier alpha value is -0.870. The fourth-order valence-corrected chi connectivity index (χ4v) is 4.29. The Morgan fingerprint density at radius 1 is 1.35 bits per heavy atom. The highest BCUT2D eigenvalue weighted by Gasteiger charge is 2.45. The van der Waals surface area contributed by atoms with Gasteiger partial charge in [0.25, 0.3) is 0 Å². The number of ether oxygens (including phenoxy) is 1. The highest BCUT2D eigenvalue weighted by molar-refractivity contribution is 5.20. The van der Waals surface area contributed by atoms with Crippen LogP contribution in [0.2, 0.25) is 0 Å². The summed E-state index contributed by atoms with van der Waals surface area (Å²) >= 11 is 0. The third-order valence-electron chi connectivity index (χ3n) is 5.36. The molecular formula is C16H26N2O2. The van der Waals surface area contributed by atoms with E-state index in [1.165, 1.54) is 44.2 Å². The summed E-state index contributed by atoms with van der Waals surface area (Å²) in [6, 6.07) is 0. The van der Waals surface area contributed by atoms with Crippen LogP contribution in [0.3, 0.4) is 0 Å². The van der Waals surface area contributed by atoms with Crippen LogP contribution in [0, 0.1) is 19.3 Å². The topological polar surface area (TPSA) is 38.5 Å². The van der Waals surface area contributed by atoms with Gasteiger partial charge in [0.15, 0.2) is 0 Å². The number of hydrogen-bond acceptors (Lipinski definition) is 4. The number of rotatable bonds is 3. The predicted molar refractivity (Wildman–Crippen MR) is 77.6 cm³/mol. The van der Waals surface area contributed by atoms with Crippen molar-refractivity contribution in [1.82, 2.24) is 10.1 Å². The average Bonchev–Trinajstić information content (AvgIpc) is 2.97. The molecule has 0 N–H and O–H groups in total. The van der Waals surface area contributed by atoms with Gasteiger partial charge in [0.1, 0.15) is 5.76 Å². The second-order valence-electron chi connectivity index (χ2n) is 6.60. The van der Waals surface area contributed by atoms with Crippen molar-refractivity contribution in [3.63, 3.8) is 0 Å². The van der Waals surface area contributed by atoms with Crippen molar-refractivity contribution < 1.29 is 9.26 Å². The summed E-state index contributed by atoms with van der Waals surface area (Å²) in [6.45, 7) is 7.37. The maximum atomic E-state index is 5.78. The Labute approximate surface area is 121 Å². The van der Waals surface area contributed by atoms with Gasteiger partial charge in [0, 0.05) is 31.2 Å². The zero-order chi connectivity index (χ0) is 14.2. The zero-order valence-corrected chi connectivity index (χ0v) is 12.9. The first kappa shape index (κ1) is 14.1. The van der Waals surface area contributed by atoms with Crippen LogP contribution < -0.4 is 0 Å². The molecule has 1 spiro atoms. The van der Waals surface area contributed by atoms with Crippen molar-refractivity contribution in [3.05, 3.63) is 17.0 Å². The third kappa shape index (κ3) is 2.40. The van der Waals surface area contributed by atoms with Crippen LogP contribution in [-0.4, -0.2) is 36.4 Å². The van der Waals surface area contributed by atoms with Gasteiger partial charge in [-0.15, -0.1) is 0 Å². The van der Waals surface area contributed by atoms with Gasteiger partial charge in [0.05, 0.1) is 11.8 Å². The number of nitrogens with zero attached hydrogens (tertiary/aromatic N) is 2. The first-order valence-corrected chi connectivity index (χ1v) is 7.81. The van der Waals surface area contributed by atoms with Crippen LogP contribution in [0.15, 0.2) is 4.52 Å². The van der Waals surface area contributed by atoms with E-state index in [0.29, 0.717) is 11.5 Å². The average molecular weight is 278 g/mol. The summed E-state index contributed by atoms with van der Waals surface area (Å²) < 4.78 is 11.1. The summed E-state index contributed by atoms with van der Waals surface area (Å²) in [5.41, 5.74) is 2.71. The molecule has 4 nitrogen and oxygen atoms in total. The van der Waals surface area contributed by atoms with Gasteiger partial charge in [-0.25, -0.2) is 0 Å². The van der Waals surface area contributed by atoms with Crippen molar-refractivity contribution >= 4 is 0 Å². The van der Waals surface area contributed by atoms with Gasteiger partial charge in [-0.1, -0.05) is 11.6 Å². The molecule has 2 fully saturated rings. The van der Waals surface area contributed by atoms with Crippen LogP contribution in [0.4, 0.5) is 0 Å². The molecular weight excluding hydrogens is 252 g/mol. The summed E-state index contributed by atoms with van der Waals surface area (Å²) in [4.78, 5) is 2.58. The molecule has 1 aromatic rings. The Bertz CT molecular complexity index is 452. The smallest absolute Gasteiger partial charge is 0.138 e. The largest absolute Gasteiger partial charge is 0.381 e. The number of likely N-dealkylation sites (tertiary alicyclic amines) is 1. The van der Waals surface area contributed by atoms with Crippen molar-refractivity contribution in [1.29, 1.82) is 0 Å². The Balaban J connectivity index is 1.72. The molecule has 1 saturated carbocycles. The number of aromatic nitrogens is 1. The number of hydrogen-bond donors (Lipinski definition) is 0. The molecule has 0 aromatic carbocycles. The molecule has 20 heavy (non-hydrogen) atoms. The molecule has 2 aliphatic rings. The molecule has 2 atom stereocenters. The quantitative estimate of drug-likeness (QED) is 0.851. The molecule has 112 valence electrons. The molecule has 4 heteroatoms. The molecule has 1 aromatic heterocycles. The molecule has 0 bridgehead atoms. The zero-order valence-electron chi connectivity index (χ0n) is 12.9. The summed E-state index contributed by atoms with van der Waals surface area (Å²) in [5.74, 6) is 0.969. The minimum Gasteiger partial charge on any atom is -0.381 e. The van der Waals surface area contributed by atoms with Crippen molar-refractivity contribution in [2.75, 3.05) is 20.2 Å². The van der Waals surface area contributed by atoms with E-state index in [0.717, 1.165) is 24.5 Å². The second kappa shape index (κ2) is 5.49. The second-order valence-corrected chi connectivity index (χ2v) is 6.60. The summed E-state index contributed by atoms with van der Waals surface area (Å²) in [5, 5.41) is 4.08. The van der Waals surface area contributed by atoms with Crippen LogP contribution >= 0.6 is 0 Å². The molecule has 2 heterocycles. The lowest BCUT2D eigenvalue weighted by molar-refractivity contribution is -0.0367. The van der Waals surface area contributed by atoms with Crippen LogP contribution in [0.25, 0.3) is 0 Å². The highest BCUT2D eigenvalue weighted by atomic mass is 16.5. The van der Waals surface area contributed by atoms with Crippen molar-refractivity contribution in [2.45, 2.75) is 58.6 Å². The molecule has 0 amide bonds. The predicted octanol–water partition coefficient (Wildman–Crippen LogP) is 3.07. The van der Waals surface area contributed by atoms with Crippen LogP contribution in [0.5, 0.6) is 0 Å². The minimum absolute atomic E-state index is 0.395. The normalized spacial score (nSPS) is 31.2. The van der Waals surface area contributed by atoms with Gasteiger partial charge in [-0.05, 0) is 46.1 Å². The van der Waals surface area contributed by atoms with E-state index in [-0.39, 0.29) is 0 Å². The van der Waals surface area contributed by atoms with Gasteiger partial charge >= 0.3 is 0 Å². The van der Waals surface area contributed by atoms with E-state index in [9.17, 15) is 0 Å². The van der Waals surface area contributed by atoms with Crippen molar-refractivity contribution in [3.8, 4) is 0 Å². The minimum atomic E-state index is 0.395. The molecule has 3 rings (SSSR count). The first-order valence-electron chi connectivity index (χ1n) is 7.81. The number of aryl methyl sites for hydroxylation is 2. The van der Waals surface area contributed by atoms with Crippen LogP contribution in [0.1, 0.15) is 49.1 Å². The number of piperidine rings is 1. The molecule has 0 radical (unpaired) electrons. The molecule has 0 unspecified atom stereocenters. The van der Waals surface area contributed by atoms with Gasteiger partial charge in [-0.2, -0.15) is 0 Å². The van der Waals surface area contributed by atoms with E-state index in [1.807, 2.05) is 21.0 Å². The van der Waals surface area contributed by atoms with Gasteiger partial charge in [0.2, 0.25) is 0 Å². The third-order valence-corrected chi connectivity index (χ3v) is 5.36.